The number of hydrogen-bond acceptors (Lipinski definition) is 3. The first-order valence-electron chi connectivity index (χ1n) is 8.24. The van der Waals surface area contributed by atoms with Crippen molar-refractivity contribution in [3.63, 3.8) is 0 Å². The highest BCUT2D eigenvalue weighted by molar-refractivity contribution is 14.0. The summed E-state index contributed by atoms with van der Waals surface area (Å²) in [5.74, 6) is 0.762. The van der Waals surface area contributed by atoms with E-state index in [0.29, 0.717) is 6.54 Å². The highest BCUT2D eigenvalue weighted by atomic mass is 127. The van der Waals surface area contributed by atoms with Gasteiger partial charge in [-0.05, 0) is 49.3 Å². The number of hydrogen-bond donors (Lipinski definition) is 2. The van der Waals surface area contributed by atoms with Crippen LogP contribution in [0.4, 0.5) is 0 Å². The molecule has 0 spiro atoms. The Labute approximate surface area is 160 Å². The van der Waals surface area contributed by atoms with Crippen LogP contribution < -0.4 is 10.6 Å². The number of aliphatic imine (C=N–C) groups is 1. The summed E-state index contributed by atoms with van der Waals surface area (Å²) in [5.41, 5.74) is 5.18. The third-order valence-corrected chi connectivity index (χ3v) is 4.38. The van der Waals surface area contributed by atoms with Crippen molar-refractivity contribution in [3.8, 4) is 0 Å². The molecule has 1 aromatic carbocycles. The summed E-state index contributed by atoms with van der Waals surface area (Å²) in [5, 5.41) is 10.6. The largest absolute Gasteiger partial charge is 0.364 e. The van der Waals surface area contributed by atoms with Gasteiger partial charge in [-0.25, -0.2) is 0 Å². The normalized spacial score (nSPS) is 15.2. The maximum absolute atomic E-state index is 4.83. The number of nitrogens with one attached hydrogen (secondary N) is 2. The van der Waals surface area contributed by atoms with E-state index in [1.165, 1.54) is 42.4 Å². The molecule has 130 valence electrons. The molecule has 1 aliphatic rings. The van der Waals surface area contributed by atoms with Crippen molar-refractivity contribution < 1.29 is 4.52 Å². The number of halogens is 1. The lowest BCUT2D eigenvalue weighted by atomic mass is 9.89. The van der Waals surface area contributed by atoms with Crippen molar-refractivity contribution >= 4 is 29.9 Å². The van der Waals surface area contributed by atoms with Crippen LogP contribution in [0, 0.1) is 0 Å². The standard InChI is InChI=1S/C18H24N4O.HI/c1-13(15-8-7-14-5-3-4-6-16(14)11-15)21-18(19-2)20-12-17-9-10-23-22-17;/h7-11,13H,3-6,12H2,1-2H3,(H2,19,20,21);1H. The van der Waals surface area contributed by atoms with Gasteiger partial charge in [0.1, 0.15) is 12.0 Å². The number of benzene rings is 1. The molecule has 1 aromatic heterocycles. The first-order chi connectivity index (χ1) is 11.3. The quantitative estimate of drug-likeness (QED) is 0.434. The zero-order valence-electron chi connectivity index (χ0n) is 14.2. The molecule has 24 heavy (non-hydrogen) atoms. The number of aromatic nitrogens is 1. The van der Waals surface area contributed by atoms with Gasteiger partial charge in [0.05, 0.1) is 12.6 Å². The maximum atomic E-state index is 4.83. The summed E-state index contributed by atoms with van der Waals surface area (Å²) in [4.78, 5) is 4.28. The third-order valence-electron chi connectivity index (χ3n) is 4.38. The molecule has 1 unspecified atom stereocenters. The molecule has 0 amide bonds. The molecule has 0 aliphatic heterocycles. The van der Waals surface area contributed by atoms with Crippen LogP contribution in [0.1, 0.15) is 48.2 Å². The lowest BCUT2D eigenvalue weighted by Gasteiger charge is -2.21. The molecule has 0 saturated heterocycles. The number of aryl methyl sites for hydroxylation is 2. The molecule has 0 saturated carbocycles. The van der Waals surface area contributed by atoms with Gasteiger partial charge >= 0.3 is 0 Å². The minimum absolute atomic E-state index is 0. The van der Waals surface area contributed by atoms with Crippen molar-refractivity contribution in [3.05, 3.63) is 52.9 Å². The van der Waals surface area contributed by atoms with E-state index < -0.39 is 0 Å². The molecule has 2 aromatic rings. The van der Waals surface area contributed by atoms with Crippen LogP contribution in [0.15, 0.2) is 40.0 Å². The predicted molar refractivity (Wildman–Crippen MR) is 107 cm³/mol. The van der Waals surface area contributed by atoms with Gasteiger partial charge in [0.25, 0.3) is 0 Å². The van der Waals surface area contributed by atoms with Crippen LogP contribution in [-0.2, 0) is 19.4 Å². The van der Waals surface area contributed by atoms with E-state index in [9.17, 15) is 0 Å². The Kier molecular flexibility index (Phi) is 7.08. The van der Waals surface area contributed by atoms with Crippen molar-refractivity contribution in [2.45, 2.75) is 45.2 Å². The molecular weight excluding hydrogens is 415 g/mol. The van der Waals surface area contributed by atoms with Gasteiger partial charge in [-0.2, -0.15) is 0 Å². The summed E-state index contributed by atoms with van der Waals surface area (Å²) in [6.07, 6.45) is 6.62. The molecule has 0 bridgehead atoms. The highest BCUT2D eigenvalue weighted by Crippen LogP contribution is 2.24. The Bertz CT molecular complexity index is 670. The Morgan fingerprint density at radius 3 is 2.75 bits per heavy atom. The number of guanidine groups is 1. The second-order valence-corrected chi connectivity index (χ2v) is 6.02. The summed E-state index contributed by atoms with van der Waals surface area (Å²) in [7, 11) is 1.78. The first-order valence-corrected chi connectivity index (χ1v) is 8.24. The second kappa shape index (κ2) is 9.05. The molecule has 0 fully saturated rings. The van der Waals surface area contributed by atoms with E-state index in [4.69, 9.17) is 4.52 Å². The van der Waals surface area contributed by atoms with E-state index in [2.05, 4.69) is 45.9 Å². The van der Waals surface area contributed by atoms with Crippen LogP contribution in [0.3, 0.4) is 0 Å². The molecule has 1 heterocycles. The highest BCUT2D eigenvalue weighted by Gasteiger charge is 2.13. The molecule has 1 atom stereocenters. The van der Waals surface area contributed by atoms with E-state index in [1.54, 1.807) is 13.3 Å². The first kappa shape index (κ1) is 18.8. The van der Waals surface area contributed by atoms with Gasteiger partial charge in [0.15, 0.2) is 5.96 Å². The zero-order valence-corrected chi connectivity index (χ0v) is 16.5. The number of fused-ring (bicyclic) bond motifs is 1. The van der Waals surface area contributed by atoms with E-state index in [-0.39, 0.29) is 30.0 Å². The number of nitrogens with zero attached hydrogens (tertiary/aromatic N) is 2. The fourth-order valence-electron chi connectivity index (χ4n) is 3.01. The molecule has 2 N–H and O–H groups in total. The molecule has 1 aliphatic carbocycles. The smallest absolute Gasteiger partial charge is 0.191 e. The van der Waals surface area contributed by atoms with Crippen LogP contribution >= 0.6 is 24.0 Å². The lowest BCUT2D eigenvalue weighted by molar-refractivity contribution is 0.410. The summed E-state index contributed by atoms with van der Waals surface area (Å²) >= 11 is 0. The van der Waals surface area contributed by atoms with Crippen molar-refractivity contribution in [1.29, 1.82) is 0 Å². The topological polar surface area (TPSA) is 62.5 Å². The van der Waals surface area contributed by atoms with Crippen LogP contribution in [0.5, 0.6) is 0 Å². The summed E-state index contributed by atoms with van der Waals surface area (Å²) in [6.45, 7) is 2.75. The van der Waals surface area contributed by atoms with Gasteiger partial charge in [-0.15, -0.1) is 24.0 Å². The van der Waals surface area contributed by atoms with Crippen LogP contribution in [-0.4, -0.2) is 18.2 Å². The third kappa shape index (κ3) is 4.72. The Hall–Kier alpha value is -1.57. The average molecular weight is 440 g/mol. The molecular formula is C18H25IN4O. The van der Waals surface area contributed by atoms with Crippen molar-refractivity contribution in [1.82, 2.24) is 15.8 Å². The fourth-order valence-corrected chi connectivity index (χ4v) is 3.01. The van der Waals surface area contributed by atoms with E-state index in [1.807, 2.05) is 6.07 Å². The van der Waals surface area contributed by atoms with Crippen molar-refractivity contribution in [2.75, 3.05) is 7.05 Å². The van der Waals surface area contributed by atoms with Gasteiger partial charge < -0.3 is 15.2 Å². The summed E-state index contributed by atoms with van der Waals surface area (Å²) in [6, 6.07) is 8.90. The monoisotopic (exact) mass is 440 g/mol. The SMILES string of the molecule is CN=C(NCc1ccon1)NC(C)c1ccc2c(c1)CCCC2.I. The molecule has 6 heteroatoms. The Morgan fingerprint density at radius 1 is 1.25 bits per heavy atom. The Balaban J connectivity index is 0.00000208. The predicted octanol–water partition coefficient (Wildman–Crippen LogP) is 3.60. The fraction of sp³-hybridized carbons (Fsp3) is 0.444. The Morgan fingerprint density at radius 2 is 2.04 bits per heavy atom. The minimum atomic E-state index is 0. The summed E-state index contributed by atoms with van der Waals surface area (Å²) < 4.78 is 4.83. The minimum Gasteiger partial charge on any atom is -0.364 e. The van der Waals surface area contributed by atoms with E-state index >= 15 is 0 Å². The van der Waals surface area contributed by atoms with Gasteiger partial charge in [-0.1, -0.05) is 23.4 Å². The van der Waals surface area contributed by atoms with E-state index in [0.717, 1.165) is 11.7 Å². The zero-order chi connectivity index (χ0) is 16.1. The second-order valence-electron chi connectivity index (χ2n) is 6.02. The van der Waals surface area contributed by atoms with Gasteiger partial charge in [0.2, 0.25) is 0 Å². The van der Waals surface area contributed by atoms with Crippen LogP contribution in [0.25, 0.3) is 0 Å². The molecule has 3 rings (SSSR count). The van der Waals surface area contributed by atoms with Crippen LogP contribution in [0.2, 0.25) is 0 Å². The molecule has 0 radical (unpaired) electrons. The number of rotatable bonds is 4. The van der Waals surface area contributed by atoms with Gasteiger partial charge in [0, 0.05) is 13.1 Å². The van der Waals surface area contributed by atoms with Crippen molar-refractivity contribution in [2.24, 2.45) is 4.99 Å². The average Bonchev–Trinajstić information content (AvgIpc) is 3.11. The molecule has 5 nitrogen and oxygen atoms in total. The maximum Gasteiger partial charge on any atom is 0.191 e. The van der Waals surface area contributed by atoms with Gasteiger partial charge in [-0.3, -0.25) is 4.99 Å². The lowest BCUT2D eigenvalue weighted by Crippen LogP contribution is -2.38.